The SMILES string of the molecule is C/C=C\C(=C/C)c1ccc(CCN(c2ccc(-c3ccc4c(c3)c3ccccc3n4-c3cccc4c3C(C)CCC4)cc2)c2cccc3ccccc23)cc1. The van der Waals surface area contributed by atoms with E-state index in [4.69, 9.17) is 0 Å². The number of para-hydroxylation sites is 1. The second-order valence-corrected chi connectivity index (χ2v) is 15.1. The number of aromatic nitrogens is 1. The van der Waals surface area contributed by atoms with Crippen LogP contribution in [0.1, 0.15) is 61.8 Å². The Kier molecular flexibility index (Phi) is 9.42. The smallest absolute Gasteiger partial charge is 0.0541 e. The lowest BCUT2D eigenvalue weighted by Gasteiger charge is -2.27. The number of hydrogen-bond donors (Lipinski definition) is 0. The molecule has 0 aliphatic heterocycles. The van der Waals surface area contributed by atoms with Crippen LogP contribution in [0.5, 0.6) is 0 Å². The number of aryl methyl sites for hydroxylation is 1. The summed E-state index contributed by atoms with van der Waals surface area (Å²) in [6.45, 7) is 7.44. The number of rotatable bonds is 9. The minimum absolute atomic E-state index is 0.558. The summed E-state index contributed by atoms with van der Waals surface area (Å²) >= 11 is 0. The van der Waals surface area contributed by atoms with E-state index in [1.807, 2.05) is 0 Å². The topological polar surface area (TPSA) is 8.17 Å². The lowest BCUT2D eigenvalue weighted by molar-refractivity contribution is 0.588. The van der Waals surface area contributed by atoms with Crippen LogP contribution in [-0.2, 0) is 12.8 Å². The van der Waals surface area contributed by atoms with E-state index in [0.29, 0.717) is 5.92 Å². The monoisotopic (exact) mass is 712 g/mol. The highest BCUT2D eigenvalue weighted by atomic mass is 15.1. The minimum atomic E-state index is 0.558. The van der Waals surface area contributed by atoms with Crippen molar-refractivity contribution in [1.82, 2.24) is 4.57 Å². The molecule has 1 aromatic heterocycles. The molecule has 1 aliphatic carbocycles. The van der Waals surface area contributed by atoms with Gasteiger partial charge in [0, 0.05) is 39.8 Å². The molecule has 9 rings (SSSR count). The summed E-state index contributed by atoms with van der Waals surface area (Å²) in [5, 5.41) is 5.13. The molecule has 0 radical (unpaired) electrons. The van der Waals surface area contributed by atoms with Crippen molar-refractivity contribution in [3.63, 3.8) is 0 Å². The zero-order valence-corrected chi connectivity index (χ0v) is 32.2. The number of fused-ring (bicyclic) bond motifs is 5. The van der Waals surface area contributed by atoms with Crippen LogP contribution in [-0.4, -0.2) is 11.1 Å². The minimum Gasteiger partial charge on any atom is -0.341 e. The van der Waals surface area contributed by atoms with Crippen molar-refractivity contribution in [2.24, 2.45) is 0 Å². The third-order valence-electron chi connectivity index (χ3n) is 11.8. The Morgan fingerprint density at radius 3 is 2.24 bits per heavy atom. The Labute approximate surface area is 325 Å². The molecule has 0 bridgehead atoms. The van der Waals surface area contributed by atoms with Gasteiger partial charge in [-0.15, -0.1) is 0 Å². The normalized spacial score (nSPS) is 14.6. The quantitative estimate of drug-likeness (QED) is 0.135. The molecule has 0 N–H and O–H groups in total. The first-order valence-electron chi connectivity index (χ1n) is 20.0. The van der Waals surface area contributed by atoms with Gasteiger partial charge in [-0.25, -0.2) is 0 Å². The fourth-order valence-corrected chi connectivity index (χ4v) is 9.05. The molecule has 8 aromatic rings. The van der Waals surface area contributed by atoms with E-state index >= 15 is 0 Å². The van der Waals surface area contributed by atoms with Crippen molar-refractivity contribution in [2.75, 3.05) is 11.4 Å². The first kappa shape index (κ1) is 34.6. The number of allylic oxidation sites excluding steroid dienone is 4. The highest BCUT2D eigenvalue weighted by molar-refractivity contribution is 6.10. The van der Waals surface area contributed by atoms with Crippen LogP contribution >= 0.6 is 0 Å². The van der Waals surface area contributed by atoms with Gasteiger partial charge in [0.05, 0.1) is 11.0 Å². The van der Waals surface area contributed by atoms with Gasteiger partial charge in [-0.3, -0.25) is 0 Å². The summed E-state index contributed by atoms with van der Waals surface area (Å²) in [4.78, 5) is 2.50. The average Bonchev–Trinajstić information content (AvgIpc) is 3.57. The van der Waals surface area contributed by atoms with Crippen LogP contribution < -0.4 is 4.90 Å². The predicted octanol–water partition coefficient (Wildman–Crippen LogP) is 14.4. The van der Waals surface area contributed by atoms with Gasteiger partial charge < -0.3 is 9.47 Å². The molecular formula is C53H48N2. The number of benzene rings is 7. The van der Waals surface area contributed by atoms with Crippen LogP contribution in [0.3, 0.4) is 0 Å². The van der Waals surface area contributed by atoms with Gasteiger partial charge in [0.15, 0.2) is 0 Å². The van der Waals surface area contributed by atoms with Gasteiger partial charge in [-0.05, 0) is 132 Å². The maximum atomic E-state index is 2.52. The Bertz CT molecular complexity index is 2700. The van der Waals surface area contributed by atoms with E-state index in [1.54, 1.807) is 0 Å². The zero-order chi connectivity index (χ0) is 37.3. The van der Waals surface area contributed by atoms with Crippen LogP contribution in [0.25, 0.3) is 55.0 Å². The van der Waals surface area contributed by atoms with Crippen molar-refractivity contribution in [3.05, 3.63) is 192 Å². The Hall–Kier alpha value is -6.12. The highest BCUT2D eigenvalue weighted by Crippen LogP contribution is 2.41. The standard InChI is InChI=1S/C53H48N2/c1-4-13-39(5-2)40-26-24-38(25-27-40)34-35-54(49-22-11-16-42-15-6-7-19-46(42)49)45-31-28-41(29-32-45)44-30-33-51-48(36-44)47-20-8-9-21-50(47)55(51)52-23-12-18-43-17-10-14-37(3)53(43)52/h4-9,11-13,15-16,18-33,36-37H,10,14,17,34-35H2,1-3H3/b13-4-,39-5+. The molecule has 270 valence electrons. The van der Waals surface area contributed by atoms with Crippen molar-refractivity contribution in [1.29, 1.82) is 0 Å². The molecule has 2 heteroatoms. The molecule has 1 unspecified atom stereocenters. The van der Waals surface area contributed by atoms with E-state index in [1.165, 1.54) is 108 Å². The van der Waals surface area contributed by atoms with Gasteiger partial charge >= 0.3 is 0 Å². The first-order valence-corrected chi connectivity index (χ1v) is 20.0. The van der Waals surface area contributed by atoms with Crippen molar-refractivity contribution in [2.45, 2.75) is 52.4 Å². The van der Waals surface area contributed by atoms with E-state index < -0.39 is 0 Å². The Morgan fingerprint density at radius 2 is 1.42 bits per heavy atom. The molecule has 7 aromatic carbocycles. The fraction of sp³-hybridized carbons (Fsp3) is 0.170. The third kappa shape index (κ3) is 6.46. The van der Waals surface area contributed by atoms with Gasteiger partial charge in [0.2, 0.25) is 0 Å². The lowest BCUT2D eigenvalue weighted by atomic mass is 9.83. The molecular weight excluding hydrogens is 665 g/mol. The number of hydrogen-bond acceptors (Lipinski definition) is 1. The molecule has 0 saturated carbocycles. The molecule has 1 heterocycles. The second kappa shape index (κ2) is 15.0. The summed E-state index contributed by atoms with van der Waals surface area (Å²) in [5.41, 5.74) is 15.6. The van der Waals surface area contributed by atoms with Gasteiger partial charge in [-0.2, -0.15) is 0 Å². The van der Waals surface area contributed by atoms with Gasteiger partial charge in [0.1, 0.15) is 0 Å². The maximum Gasteiger partial charge on any atom is 0.0541 e. The fourth-order valence-electron chi connectivity index (χ4n) is 9.05. The maximum absolute atomic E-state index is 2.52. The molecule has 55 heavy (non-hydrogen) atoms. The van der Waals surface area contributed by atoms with Gasteiger partial charge in [-0.1, -0.05) is 134 Å². The summed E-state index contributed by atoms with van der Waals surface area (Å²) in [6.07, 6.45) is 11.1. The summed E-state index contributed by atoms with van der Waals surface area (Å²) in [6, 6.07) is 56.6. The van der Waals surface area contributed by atoms with E-state index in [0.717, 1.165) is 13.0 Å². The van der Waals surface area contributed by atoms with Crippen molar-refractivity contribution >= 4 is 49.5 Å². The molecule has 1 aliphatic rings. The van der Waals surface area contributed by atoms with Crippen molar-refractivity contribution < 1.29 is 0 Å². The third-order valence-corrected chi connectivity index (χ3v) is 11.8. The van der Waals surface area contributed by atoms with Crippen molar-refractivity contribution in [3.8, 4) is 16.8 Å². The van der Waals surface area contributed by atoms with E-state index in [2.05, 4.69) is 200 Å². The summed E-state index contributed by atoms with van der Waals surface area (Å²) < 4.78 is 2.52. The Balaban J connectivity index is 1.07. The van der Waals surface area contributed by atoms with E-state index in [9.17, 15) is 0 Å². The van der Waals surface area contributed by atoms with Crippen LogP contribution in [0, 0.1) is 0 Å². The molecule has 0 saturated heterocycles. The number of nitrogens with zero attached hydrogens (tertiary/aromatic N) is 2. The molecule has 0 spiro atoms. The largest absolute Gasteiger partial charge is 0.341 e. The van der Waals surface area contributed by atoms with Crippen LogP contribution in [0.2, 0.25) is 0 Å². The average molecular weight is 713 g/mol. The van der Waals surface area contributed by atoms with Crippen LogP contribution in [0.4, 0.5) is 11.4 Å². The second-order valence-electron chi connectivity index (χ2n) is 15.1. The highest BCUT2D eigenvalue weighted by Gasteiger charge is 2.23. The van der Waals surface area contributed by atoms with E-state index in [-0.39, 0.29) is 0 Å². The summed E-state index contributed by atoms with van der Waals surface area (Å²) in [5.74, 6) is 0.558. The zero-order valence-electron chi connectivity index (χ0n) is 32.2. The summed E-state index contributed by atoms with van der Waals surface area (Å²) in [7, 11) is 0. The van der Waals surface area contributed by atoms with Crippen LogP contribution in [0.15, 0.2) is 170 Å². The first-order chi connectivity index (χ1) is 27.1. The molecule has 0 fully saturated rings. The predicted molar refractivity (Wildman–Crippen MR) is 237 cm³/mol. The molecule has 0 amide bonds. The Morgan fingerprint density at radius 1 is 0.691 bits per heavy atom. The van der Waals surface area contributed by atoms with Gasteiger partial charge in [0.25, 0.3) is 0 Å². The lowest BCUT2D eigenvalue weighted by Crippen LogP contribution is -2.20. The number of anilines is 2. The molecule has 2 nitrogen and oxygen atoms in total. The molecule has 1 atom stereocenters.